The predicted octanol–water partition coefficient (Wildman–Crippen LogP) is 5.37. The number of rotatable bonds is 8. The number of H-pyrrole nitrogens is 1. The van der Waals surface area contributed by atoms with E-state index in [1.807, 2.05) is 18.2 Å². The fourth-order valence-electron chi connectivity index (χ4n) is 5.67. The molecule has 4 saturated carbocycles. The average Bonchev–Trinajstić information content (AvgIpc) is 3.67. The van der Waals surface area contributed by atoms with Gasteiger partial charge in [-0.1, -0.05) is 30.3 Å². The van der Waals surface area contributed by atoms with E-state index in [4.69, 9.17) is 14.8 Å². The highest BCUT2D eigenvalue weighted by molar-refractivity contribution is 5.34. The van der Waals surface area contributed by atoms with Crippen LogP contribution in [0.5, 0.6) is 0 Å². The summed E-state index contributed by atoms with van der Waals surface area (Å²) in [6.45, 7) is 0.795. The minimum Gasteiger partial charge on any atom is -0.367 e. The van der Waals surface area contributed by atoms with E-state index in [2.05, 4.69) is 23.3 Å². The molecule has 1 aromatic heterocycles. The van der Waals surface area contributed by atoms with E-state index in [1.54, 1.807) is 0 Å². The Morgan fingerprint density at radius 2 is 1.68 bits per heavy atom. The minimum absolute atomic E-state index is 0.433. The monoisotopic (exact) mass is 416 g/mol. The van der Waals surface area contributed by atoms with Crippen LogP contribution >= 0.6 is 0 Å². The van der Waals surface area contributed by atoms with Gasteiger partial charge in [0.2, 0.25) is 0 Å². The second kappa shape index (κ2) is 7.45. The minimum atomic E-state index is -0.454. The van der Waals surface area contributed by atoms with E-state index < -0.39 is 11.0 Å². The second-order valence-electron chi connectivity index (χ2n) is 10.6. The molecule has 0 atom stereocenters. The van der Waals surface area contributed by atoms with Gasteiger partial charge >= 0.3 is 0 Å². The van der Waals surface area contributed by atoms with E-state index >= 15 is 0 Å². The van der Waals surface area contributed by atoms with Gasteiger partial charge in [0.05, 0.1) is 18.1 Å². The summed E-state index contributed by atoms with van der Waals surface area (Å²) in [6.07, 6.45) is 11.1. The molecule has 4 aliphatic rings. The highest BCUT2D eigenvalue weighted by Gasteiger charge is 2.50. The van der Waals surface area contributed by atoms with Gasteiger partial charge < -0.3 is 4.74 Å². The van der Waals surface area contributed by atoms with Gasteiger partial charge in [0.1, 0.15) is 11.4 Å². The quantitative estimate of drug-likeness (QED) is 0.628. The second-order valence-corrected chi connectivity index (χ2v) is 10.6. The maximum Gasteiger partial charge on any atom is 0.182 e. The first-order chi connectivity index (χ1) is 15.2. The van der Waals surface area contributed by atoms with Crippen molar-refractivity contribution in [3.8, 4) is 6.07 Å². The Morgan fingerprint density at radius 3 is 2.26 bits per heavy atom. The van der Waals surface area contributed by atoms with Gasteiger partial charge in [-0.3, -0.25) is 5.10 Å². The Bertz CT molecular complexity index is 945. The van der Waals surface area contributed by atoms with E-state index in [9.17, 15) is 5.26 Å². The first-order valence-electron chi connectivity index (χ1n) is 12.2. The number of ether oxygens (including phenoxy) is 1. The number of aromatic amines is 1. The summed E-state index contributed by atoms with van der Waals surface area (Å²) < 4.78 is 6.65. The van der Waals surface area contributed by atoms with Crippen LogP contribution in [-0.2, 0) is 15.8 Å². The van der Waals surface area contributed by atoms with Crippen molar-refractivity contribution in [3.05, 3.63) is 47.5 Å². The van der Waals surface area contributed by atoms with Crippen molar-refractivity contribution >= 4 is 0 Å². The molecule has 2 aromatic rings. The number of benzene rings is 1. The third-order valence-corrected chi connectivity index (χ3v) is 8.23. The van der Waals surface area contributed by atoms with Crippen LogP contribution in [0.2, 0.25) is 0 Å². The molecule has 6 rings (SSSR count). The molecule has 4 fully saturated rings. The lowest BCUT2D eigenvalue weighted by molar-refractivity contribution is -0.0937. The first-order valence-corrected chi connectivity index (χ1v) is 12.2. The Labute approximate surface area is 184 Å². The standard InChI is InChI=1S/C26H32N4O/c27-17-25(21-4-2-1-3-5-21)12-14-26(15-13-25,31-16-18-6-7-18)24-28-23(29-30-24)22(19-8-9-19)20-10-11-20/h1-5,18-20,22H,6-16H2,(H,28,29,30)/t25-,26-. The maximum absolute atomic E-state index is 10.1. The summed E-state index contributed by atoms with van der Waals surface area (Å²) in [5, 5.41) is 18.2. The maximum atomic E-state index is 10.1. The van der Waals surface area contributed by atoms with Crippen molar-refractivity contribution < 1.29 is 4.74 Å². The van der Waals surface area contributed by atoms with Gasteiger partial charge in [0, 0.05) is 5.92 Å². The Morgan fingerprint density at radius 1 is 1.00 bits per heavy atom. The van der Waals surface area contributed by atoms with Crippen molar-refractivity contribution in [2.45, 2.75) is 81.1 Å². The van der Waals surface area contributed by atoms with Crippen molar-refractivity contribution in [1.29, 1.82) is 5.26 Å². The molecule has 0 bridgehead atoms. The molecular formula is C26H32N4O. The number of hydrogen-bond acceptors (Lipinski definition) is 4. The van der Waals surface area contributed by atoms with Gasteiger partial charge in [-0.2, -0.15) is 10.4 Å². The fraction of sp³-hybridized carbons (Fsp3) is 0.654. The van der Waals surface area contributed by atoms with Crippen molar-refractivity contribution in [3.63, 3.8) is 0 Å². The topological polar surface area (TPSA) is 74.6 Å². The van der Waals surface area contributed by atoms with Crippen LogP contribution in [0.4, 0.5) is 0 Å². The van der Waals surface area contributed by atoms with E-state index in [0.29, 0.717) is 11.8 Å². The molecule has 5 heteroatoms. The number of aromatic nitrogens is 3. The molecule has 0 aliphatic heterocycles. The normalized spacial score (nSPS) is 31.0. The third-order valence-electron chi connectivity index (χ3n) is 8.23. The largest absolute Gasteiger partial charge is 0.367 e. The molecule has 0 spiro atoms. The number of nitriles is 1. The summed E-state index contributed by atoms with van der Waals surface area (Å²) in [5.41, 5.74) is 0.244. The summed E-state index contributed by atoms with van der Waals surface area (Å²) in [5.74, 6) is 4.79. The van der Waals surface area contributed by atoms with Crippen LogP contribution in [0.1, 0.15) is 87.3 Å². The summed E-state index contributed by atoms with van der Waals surface area (Å²) in [7, 11) is 0. The molecule has 0 saturated heterocycles. The van der Waals surface area contributed by atoms with Crippen LogP contribution in [-0.4, -0.2) is 21.8 Å². The SMILES string of the molecule is N#C[C@]1(c2ccccc2)CC[C@@](OCC2CC2)(c2n[nH]c(C(C3CC3)C3CC3)n2)CC1. The Hall–Kier alpha value is -2.19. The molecule has 162 valence electrons. The molecule has 0 radical (unpaired) electrons. The highest BCUT2D eigenvalue weighted by atomic mass is 16.5. The molecule has 31 heavy (non-hydrogen) atoms. The van der Waals surface area contributed by atoms with Gasteiger partial charge in [-0.15, -0.1) is 0 Å². The zero-order chi connectivity index (χ0) is 20.9. The number of nitrogens with one attached hydrogen (secondary N) is 1. The van der Waals surface area contributed by atoms with Crippen LogP contribution in [0.25, 0.3) is 0 Å². The Kier molecular flexibility index (Phi) is 4.68. The smallest absolute Gasteiger partial charge is 0.182 e. The van der Waals surface area contributed by atoms with Crippen molar-refractivity contribution in [2.75, 3.05) is 6.61 Å². The van der Waals surface area contributed by atoms with Crippen LogP contribution in [0.15, 0.2) is 30.3 Å². The zero-order valence-corrected chi connectivity index (χ0v) is 18.2. The number of hydrogen-bond donors (Lipinski definition) is 1. The van der Waals surface area contributed by atoms with Crippen LogP contribution < -0.4 is 0 Å². The molecule has 4 aliphatic carbocycles. The summed E-state index contributed by atoms with van der Waals surface area (Å²) in [4.78, 5) is 5.10. The molecular weight excluding hydrogens is 384 g/mol. The van der Waals surface area contributed by atoms with Crippen molar-refractivity contribution in [2.24, 2.45) is 17.8 Å². The summed E-state index contributed by atoms with van der Waals surface area (Å²) in [6, 6.07) is 13.0. The van der Waals surface area contributed by atoms with Gasteiger partial charge in [0.15, 0.2) is 5.82 Å². The lowest BCUT2D eigenvalue weighted by Gasteiger charge is -2.42. The molecule has 0 amide bonds. The molecule has 1 aromatic carbocycles. The van der Waals surface area contributed by atoms with Crippen LogP contribution in [0, 0.1) is 29.1 Å². The van der Waals surface area contributed by atoms with Crippen molar-refractivity contribution in [1.82, 2.24) is 15.2 Å². The molecule has 1 heterocycles. The first kappa shape index (κ1) is 19.5. The van der Waals surface area contributed by atoms with Gasteiger partial charge in [-0.05, 0) is 87.5 Å². The van der Waals surface area contributed by atoms with E-state index in [-0.39, 0.29) is 0 Å². The van der Waals surface area contributed by atoms with Crippen LogP contribution in [0.3, 0.4) is 0 Å². The lowest BCUT2D eigenvalue weighted by Crippen LogP contribution is -2.42. The molecule has 0 unspecified atom stereocenters. The zero-order valence-electron chi connectivity index (χ0n) is 18.2. The molecule has 1 N–H and O–H groups in total. The third kappa shape index (κ3) is 3.69. The van der Waals surface area contributed by atoms with Gasteiger partial charge in [0.25, 0.3) is 0 Å². The predicted molar refractivity (Wildman–Crippen MR) is 117 cm³/mol. The number of nitrogens with zero attached hydrogens (tertiary/aromatic N) is 3. The molecule has 5 nitrogen and oxygen atoms in total. The fourth-order valence-corrected chi connectivity index (χ4v) is 5.67. The highest BCUT2D eigenvalue weighted by Crippen LogP contribution is 2.54. The lowest BCUT2D eigenvalue weighted by atomic mass is 9.65. The van der Waals surface area contributed by atoms with E-state index in [0.717, 1.165) is 61.3 Å². The Balaban J connectivity index is 1.27. The van der Waals surface area contributed by atoms with E-state index in [1.165, 1.54) is 38.5 Å². The summed E-state index contributed by atoms with van der Waals surface area (Å²) >= 11 is 0. The average molecular weight is 417 g/mol. The van der Waals surface area contributed by atoms with Gasteiger partial charge in [-0.25, -0.2) is 4.98 Å².